The molecule has 3 N–H and O–H groups in total. The number of fused-ring (bicyclic) bond motifs is 3. The molecular formula is C19H13FN2O4S. The minimum Gasteiger partial charge on any atom is -0.505 e. The molecule has 27 heavy (non-hydrogen) atoms. The van der Waals surface area contributed by atoms with Crippen LogP contribution in [0.3, 0.4) is 0 Å². The van der Waals surface area contributed by atoms with Crippen molar-refractivity contribution in [1.29, 1.82) is 0 Å². The van der Waals surface area contributed by atoms with E-state index in [2.05, 4.69) is 0 Å². The lowest BCUT2D eigenvalue weighted by atomic mass is 10.0. The minimum absolute atomic E-state index is 0.0601. The molecule has 3 aromatic carbocycles. The van der Waals surface area contributed by atoms with E-state index < -0.39 is 38.9 Å². The summed E-state index contributed by atoms with van der Waals surface area (Å²) in [5.74, 6) is -2.70. The number of nitrogens with two attached hydrogens (primary N) is 1. The summed E-state index contributed by atoms with van der Waals surface area (Å²) in [5, 5.41) is 11.6. The number of rotatable bonds is 2. The fraction of sp³-hybridized carbons (Fsp3) is 0. The highest BCUT2D eigenvalue weighted by Gasteiger charge is 2.42. The first kappa shape index (κ1) is 17.0. The van der Waals surface area contributed by atoms with Gasteiger partial charge in [0.15, 0.2) is 11.5 Å². The number of para-hydroxylation sites is 1. The van der Waals surface area contributed by atoms with E-state index >= 15 is 0 Å². The molecule has 0 saturated carbocycles. The van der Waals surface area contributed by atoms with Gasteiger partial charge in [0.1, 0.15) is 10.7 Å². The minimum atomic E-state index is -4.44. The number of sulfonamides is 1. The predicted molar refractivity (Wildman–Crippen MR) is 98.8 cm³/mol. The molecule has 1 heterocycles. The van der Waals surface area contributed by atoms with E-state index in [9.17, 15) is 22.7 Å². The average molecular weight is 384 g/mol. The molecule has 136 valence electrons. The Hall–Kier alpha value is -3.39. The summed E-state index contributed by atoms with van der Waals surface area (Å²) in [4.78, 5) is 11.8. The molecule has 0 unspecified atom stereocenters. The van der Waals surface area contributed by atoms with E-state index in [4.69, 9.17) is 5.73 Å². The van der Waals surface area contributed by atoms with E-state index in [0.717, 1.165) is 6.07 Å². The van der Waals surface area contributed by atoms with Crippen LogP contribution < -0.4 is 10.0 Å². The van der Waals surface area contributed by atoms with Gasteiger partial charge < -0.3 is 10.8 Å². The number of halogens is 1. The van der Waals surface area contributed by atoms with E-state index in [1.165, 1.54) is 24.3 Å². The third-order valence-electron chi connectivity index (χ3n) is 4.37. The maximum absolute atomic E-state index is 14.4. The van der Waals surface area contributed by atoms with Gasteiger partial charge in [-0.1, -0.05) is 42.5 Å². The average Bonchev–Trinajstić information content (AvgIpc) is 2.64. The number of hydrogen-bond donors (Lipinski definition) is 2. The number of primary amides is 1. The number of benzene rings is 3. The fourth-order valence-electron chi connectivity index (χ4n) is 3.23. The lowest BCUT2D eigenvalue weighted by molar-refractivity contribution is -0.114. The maximum Gasteiger partial charge on any atom is 0.270 e. The molecule has 0 radical (unpaired) electrons. The van der Waals surface area contributed by atoms with Crippen LogP contribution >= 0.6 is 0 Å². The second kappa shape index (κ2) is 5.82. The highest BCUT2D eigenvalue weighted by Crippen LogP contribution is 2.42. The van der Waals surface area contributed by atoms with Crippen molar-refractivity contribution in [3.05, 3.63) is 77.7 Å². The summed E-state index contributed by atoms with van der Waals surface area (Å²) in [6.07, 6.45) is 0. The summed E-state index contributed by atoms with van der Waals surface area (Å²) >= 11 is 0. The Labute approximate surface area is 154 Å². The van der Waals surface area contributed by atoms with Gasteiger partial charge in [-0.15, -0.1) is 0 Å². The molecule has 3 aromatic rings. The molecule has 0 bridgehead atoms. The van der Waals surface area contributed by atoms with E-state index in [1.807, 2.05) is 0 Å². The van der Waals surface area contributed by atoms with Crippen molar-refractivity contribution in [2.75, 3.05) is 4.31 Å². The first-order valence-electron chi connectivity index (χ1n) is 7.89. The molecule has 0 atom stereocenters. The number of carbonyl (C=O) groups is 1. The lowest BCUT2D eigenvalue weighted by Crippen LogP contribution is -2.41. The first-order chi connectivity index (χ1) is 12.8. The molecule has 0 saturated heterocycles. The number of aliphatic hydroxyl groups excluding tert-OH is 1. The number of amides is 1. The second-order valence-electron chi connectivity index (χ2n) is 5.95. The molecule has 4 rings (SSSR count). The zero-order valence-electron chi connectivity index (χ0n) is 13.8. The van der Waals surface area contributed by atoms with Gasteiger partial charge in [-0.3, -0.25) is 4.79 Å². The molecule has 0 spiro atoms. The maximum atomic E-state index is 14.4. The molecule has 0 fully saturated rings. The van der Waals surface area contributed by atoms with Crippen LogP contribution in [0.4, 0.5) is 10.1 Å². The van der Waals surface area contributed by atoms with Crippen LogP contribution in [0.15, 0.2) is 71.3 Å². The lowest BCUT2D eigenvalue weighted by Gasteiger charge is -2.31. The van der Waals surface area contributed by atoms with Gasteiger partial charge in [0.2, 0.25) is 0 Å². The Morgan fingerprint density at radius 3 is 2.37 bits per heavy atom. The van der Waals surface area contributed by atoms with Gasteiger partial charge in [-0.05, 0) is 23.6 Å². The second-order valence-corrected chi connectivity index (χ2v) is 7.67. The molecule has 1 amide bonds. The van der Waals surface area contributed by atoms with Crippen molar-refractivity contribution in [2.24, 2.45) is 5.73 Å². The van der Waals surface area contributed by atoms with Crippen molar-refractivity contribution in [1.82, 2.24) is 0 Å². The summed E-state index contributed by atoms with van der Waals surface area (Å²) in [6.45, 7) is 0. The van der Waals surface area contributed by atoms with Crippen molar-refractivity contribution < 1.29 is 22.7 Å². The Morgan fingerprint density at radius 1 is 1.00 bits per heavy atom. The van der Waals surface area contributed by atoms with Crippen LogP contribution in [0.25, 0.3) is 16.5 Å². The molecular weight excluding hydrogens is 371 g/mol. The topological polar surface area (TPSA) is 101 Å². The molecule has 1 aliphatic rings. The number of nitrogens with zero attached hydrogens (tertiary/aromatic N) is 1. The van der Waals surface area contributed by atoms with Crippen LogP contribution in [0.2, 0.25) is 0 Å². The Morgan fingerprint density at radius 2 is 1.67 bits per heavy atom. The normalized spacial score (nSPS) is 15.7. The van der Waals surface area contributed by atoms with Crippen molar-refractivity contribution in [3.63, 3.8) is 0 Å². The number of aliphatic hydroxyl groups is 1. The van der Waals surface area contributed by atoms with Gasteiger partial charge in [-0.2, -0.15) is 0 Å². The molecule has 8 heteroatoms. The van der Waals surface area contributed by atoms with Gasteiger partial charge in [-0.25, -0.2) is 17.1 Å². The Kier molecular flexibility index (Phi) is 3.67. The van der Waals surface area contributed by atoms with Crippen LogP contribution in [0.5, 0.6) is 0 Å². The number of carbonyl (C=O) groups excluding carboxylic acids is 1. The van der Waals surface area contributed by atoms with Crippen LogP contribution in [0.1, 0.15) is 5.56 Å². The zero-order chi connectivity index (χ0) is 19.3. The molecule has 0 aromatic heterocycles. The Balaban J connectivity index is 2.18. The van der Waals surface area contributed by atoms with Gasteiger partial charge >= 0.3 is 0 Å². The standard InChI is InChI=1S/C19H13FN2O4S/c20-14-7-3-4-8-15(14)22-16(19(21)24)17(23)13-10-9-11-5-1-2-6-12(11)18(13)27(22,25)26/h1-10,23H,(H2,21,24). The van der Waals surface area contributed by atoms with Crippen molar-refractivity contribution in [2.45, 2.75) is 4.90 Å². The quantitative estimate of drug-likeness (QED) is 0.709. The van der Waals surface area contributed by atoms with Gasteiger partial charge in [0.25, 0.3) is 15.9 Å². The summed E-state index contributed by atoms with van der Waals surface area (Å²) in [6, 6.07) is 14.7. The largest absolute Gasteiger partial charge is 0.505 e. The molecule has 0 aliphatic carbocycles. The summed E-state index contributed by atoms with van der Waals surface area (Å²) < 4.78 is 41.8. The van der Waals surface area contributed by atoms with Crippen LogP contribution in [0, 0.1) is 5.82 Å². The van der Waals surface area contributed by atoms with Crippen LogP contribution in [-0.2, 0) is 14.8 Å². The number of hydrogen-bond acceptors (Lipinski definition) is 4. The summed E-state index contributed by atoms with van der Waals surface area (Å²) in [5.41, 5.74) is 4.17. The highest BCUT2D eigenvalue weighted by molar-refractivity contribution is 7.93. The van der Waals surface area contributed by atoms with Gasteiger partial charge in [0.05, 0.1) is 5.69 Å². The fourth-order valence-corrected chi connectivity index (χ4v) is 5.14. The van der Waals surface area contributed by atoms with Crippen molar-refractivity contribution >= 4 is 38.1 Å². The SMILES string of the molecule is NC(=O)C1=C(O)c2ccc3ccccc3c2S(=O)(=O)N1c1ccccc1F. The molecule has 1 aliphatic heterocycles. The third-order valence-corrected chi connectivity index (χ3v) is 6.18. The predicted octanol–water partition coefficient (Wildman–Crippen LogP) is 2.90. The Bertz CT molecular complexity index is 1250. The van der Waals surface area contributed by atoms with E-state index in [-0.39, 0.29) is 10.5 Å². The van der Waals surface area contributed by atoms with E-state index in [1.54, 1.807) is 30.3 Å². The smallest absolute Gasteiger partial charge is 0.270 e. The number of anilines is 1. The third kappa shape index (κ3) is 2.37. The van der Waals surface area contributed by atoms with E-state index in [0.29, 0.717) is 15.1 Å². The summed E-state index contributed by atoms with van der Waals surface area (Å²) in [7, 11) is -4.44. The van der Waals surface area contributed by atoms with Crippen molar-refractivity contribution in [3.8, 4) is 0 Å². The first-order valence-corrected chi connectivity index (χ1v) is 9.33. The monoisotopic (exact) mass is 384 g/mol. The zero-order valence-corrected chi connectivity index (χ0v) is 14.6. The van der Waals surface area contributed by atoms with Gasteiger partial charge in [0, 0.05) is 10.9 Å². The highest BCUT2D eigenvalue weighted by atomic mass is 32.2. The molecule has 6 nitrogen and oxygen atoms in total. The van der Waals surface area contributed by atoms with Crippen LogP contribution in [-0.4, -0.2) is 19.4 Å².